The van der Waals surface area contributed by atoms with Gasteiger partial charge in [0.2, 0.25) is 0 Å². The van der Waals surface area contributed by atoms with Crippen molar-refractivity contribution in [2.24, 2.45) is 0 Å². The number of nitrogens with one attached hydrogen (secondary N) is 1. The van der Waals surface area contributed by atoms with E-state index in [1.165, 1.54) is 6.33 Å². The van der Waals surface area contributed by atoms with Gasteiger partial charge in [0.05, 0.1) is 11.4 Å². The zero-order chi connectivity index (χ0) is 25.6. The lowest BCUT2D eigenvalue weighted by Crippen LogP contribution is -2.69. The first-order valence-electron chi connectivity index (χ1n) is 13.3. The molecule has 10 heteroatoms. The normalized spacial score (nSPS) is 23.3. The molecule has 0 aliphatic carbocycles. The Hall–Kier alpha value is -3.60. The second-order valence-electron chi connectivity index (χ2n) is 10.5. The van der Waals surface area contributed by atoms with E-state index in [4.69, 9.17) is 15.6 Å². The van der Waals surface area contributed by atoms with Crippen LogP contribution < -0.4 is 15.8 Å². The Bertz CT molecular complexity index is 1420. The quantitative estimate of drug-likeness (QED) is 0.405. The zero-order valence-corrected chi connectivity index (χ0v) is 21.1. The molecule has 3 saturated heterocycles. The first kappa shape index (κ1) is 23.5. The minimum absolute atomic E-state index is 0.341. The number of nitrogen functional groups attached to an aromatic ring is 1. The molecular weight excluding hydrogens is 483 g/mol. The summed E-state index contributed by atoms with van der Waals surface area (Å²) in [6.45, 7) is 5.47. The number of alkyl halides is 1. The first-order chi connectivity index (χ1) is 18.6. The van der Waals surface area contributed by atoms with E-state index >= 15 is 4.39 Å². The summed E-state index contributed by atoms with van der Waals surface area (Å²) in [5, 5.41) is 8.87. The maximum absolute atomic E-state index is 15.7. The van der Waals surface area contributed by atoms with Crippen LogP contribution in [0.3, 0.4) is 0 Å². The molecule has 38 heavy (non-hydrogen) atoms. The molecule has 2 unspecified atom stereocenters. The lowest BCUT2D eigenvalue weighted by molar-refractivity contribution is -0.0386. The fourth-order valence-corrected chi connectivity index (χ4v) is 5.81. The van der Waals surface area contributed by atoms with Gasteiger partial charge in [-0.05, 0) is 42.8 Å². The Morgan fingerprint density at radius 2 is 1.66 bits per heavy atom. The van der Waals surface area contributed by atoms with E-state index in [0.717, 1.165) is 44.0 Å². The van der Waals surface area contributed by atoms with Crippen LogP contribution in [0, 0.1) is 0 Å². The van der Waals surface area contributed by atoms with Crippen LogP contribution in [0.1, 0.15) is 12.5 Å². The summed E-state index contributed by atoms with van der Waals surface area (Å²) in [7, 11) is 0. The number of ether oxygens (including phenoxy) is 1. The zero-order valence-electron chi connectivity index (χ0n) is 21.1. The van der Waals surface area contributed by atoms with Gasteiger partial charge in [0.1, 0.15) is 35.5 Å². The number of likely N-dealkylation sites (tertiary alicyclic amines) is 2. The highest BCUT2D eigenvalue weighted by atomic mass is 19.1. The number of halogens is 1. The molecule has 2 atom stereocenters. The third-order valence-corrected chi connectivity index (χ3v) is 8.16. The fourth-order valence-electron chi connectivity index (χ4n) is 5.81. The molecule has 2 aromatic carbocycles. The number of nitrogens with two attached hydrogens (primary N) is 1. The number of rotatable bonds is 6. The third kappa shape index (κ3) is 4.18. The number of benzene rings is 2. The van der Waals surface area contributed by atoms with Crippen molar-refractivity contribution in [1.29, 1.82) is 0 Å². The maximum atomic E-state index is 15.7. The highest BCUT2D eigenvalue weighted by Gasteiger charge is 2.42. The lowest BCUT2D eigenvalue weighted by Gasteiger charge is -2.53. The molecule has 3 aliphatic heterocycles. The van der Waals surface area contributed by atoms with Crippen molar-refractivity contribution in [3.05, 3.63) is 60.9 Å². The summed E-state index contributed by atoms with van der Waals surface area (Å²) in [5.41, 5.74) is 8.39. The second kappa shape index (κ2) is 9.61. The van der Waals surface area contributed by atoms with Gasteiger partial charge in [-0.3, -0.25) is 9.80 Å². The molecule has 0 saturated carbocycles. The van der Waals surface area contributed by atoms with Gasteiger partial charge in [0.15, 0.2) is 5.65 Å². The molecule has 9 nitrogen and oxygen atoms in total. The standard InChI is InChI=1S/C28H31FN8O/c29-23-16-35(20-14-36(15-20)19-12-31-13-19)11-10-24(23)37-28-25(27(30)32-17-33-28)26(34-37)18-6-8-22(9-7-18)38-21-4-2-1-3-5-21/h1-9,17,19-20,23-24,31H,10-16H2,(H2,30,32,33). The van der Waals surface area contributed by atoms with Crippen LogP contribution >= 0.6 is 0 Å². The summed E-state index contributed by atoms with van der Waals surface area (Å²) < 4.78 is 23.4. The van der Waals surface area contributed by atoms with Crippen molar-refractivity contribution < 1.29 is 9.13 Å². The van der Waals surface area contributed by atoms with Crippen LogP contribution in [0.5, 0.6) is 11.5 Å². The van der Waals surface area contributed by atoms with Crippen LogP contribution in [0.4, 0.5) is 10.2 Å². The van der Waals surface area contributed by atoms with Gasteiger partial charge < -0.3 is 15.8 Å². The predicted octanol–water partition coefficient (Wildman–Crippen LogP) is 3.11. The third-order valence-electron chi connectivity index (χ3n) is 8.16. The number of anilines is 1. The van der Waals surface area contributed by atoms with Crippen molar-refractivity contribution >= 4 is 16.9 Å². The summed E-state index contributed by atoms with van der Waals surface area (Å²) in [4.78, 5) is 13.5. The SMILES string of the molecule is Nc1ncnc2c1c(-c1ccc(Oc3ccccc3)cc1)nn2C1CCN(C2CN(C3CNC3)C2)CC1F. The molecule has 0 radical (unpaired) electrons. The predicted molar refractivity (Wildman–Crippen MR) is 144 cm³/mol. The van der Waals surface area contributed by atoms with Crippen molar-refractivity contribution in [3.63, 3.8) is 0 Å². The maximum Gasteiger partial charge on any atom is 0.164 e. The van der Waals surface area contributed by atoms with Crippen LogP contribution in [0.15, 0.2) is 60.9 Å². The average molecular weight is 515 g/mol. The van der Waals surface area contributed by atoms with Crippen LogP contribution in [0.25, 0.3) is 22.3 Å². The number of fused-ring (bicyclic) bond motifs is 1. The molecule has 5 heterocycles. The van der Waals surface area contributed by atoms with Gasteiger partial charge in [0, 0.05) is 56.9 Å². The Morgan fingerprint density at radius 3 is 2.37 bits per heavy atom. The van der Waals surface area contributed by atoms with E-state index in [-0.39, 0.29) is 0 Å². The Kier molecular flexibility index (Phi) is 5.95. The van der Waals surface area contributed by atoms with E-state index in [1.807, 2.05) is 54.6 Å². The van der Waals surface area contributed by atoms with Crippen LogP contribution in [-0.4, -0.2) is 87.1 Å². The average Bonchev–Trinajstić information content (AvgIpc) is 3.26. The Balaban J connectivity index is 1.12. The van der Waals surface area contributed by atoms with Crippen LogP contribution in [-0.2, 0) is 0 Å². The molecule has 4 aromatic rings. The van der Waals surface area contributed by atoms with Gasteiger partial charge in [-0.15, -0.1) is 0 Å². The number of hydrogen-bond acceptors (Lipinski definition) is 8. The number of piperidine rings is 1. The summed E-state index contributed by atoms with van der Waals surface area (Å²) in [5.74, 6) is 1.82. The highest BCUT2D eigenvalue weighted by Crippen LogP contribution is 2.36. The number of para-hydroxylation sites is 1. The minimum atomic E-state index is -1.04. The van der Waals surface area contributed by atoms with Gasteiger partial charge in [0.25, 0.3) is 0 Å². The molecule has 0 bridgehead atoms. The van der Waals surface area contributed by atoms with Crippen molar-refractivity contribution in [1.82, 2.24) is 34.9 Å². The van der Waals surface area contributed by atoms with Crippen molar-refractivity contribution in [2.45, 2.75) is 30.7 Å². The molecule has 2 aromatic heterocycles. The van der Waals surface area contributed by atoms with Crippen LogP contribution in [0.2, 0.25) is 0 Å². The largest absolute Gasteiger partial charge is 0.457 e. The molecule has 3 N–H and O–H groups in total. The molecule has 3 aliphatic rings. The van der Waals surface area contributed by atoms with Crippen molar-refractivity contribution in [2.75, 3.05) is 45.0 Å². The second-order valence-corrected chi connectivity index (χ2v) is 10.5. The number of hydrogen-bond donors (Lipinski definition) is 2. The molecule has 7 rings (SSSR count). The van der Waals surface area contributed by atoms with Gasteiger partial charge >= 0.3 is 0 Å². The topological polar surface area (TPSA) is 97.4 Å². The molecule has 0 spiro atoms. The van der Waals surface area contributed by atoms with E-state index in [2.05, 4.69) is 25.1 Å². The van der Waals surface area contributed by atoms with Gasteiger partial charge in [-0.2, -0.15) is 5.10 Å². The summed E-state index contributed by atoms with van der Waals surface area (Å²) in [6, 6.07) is 18.0. The van der Waals surface area contributed by atoms with E-state index < -0.39 is 12.2 Å². The molecular formula is C28H31FN8O. The lowest BCUT2D eigenvalue weighted by atomic mass is 9.96. The number of aromatic nitrogens is 4. The minimum Gasteiger partial charge on any atom is -0.457 e. The van der Waals surface area contributed by atoms with Crippen molar-refractivity contribution in [3.8, 4) is 22.8 Å². The van der Waals surface area contributed by atoms with E-state index in [9.17, 15) is 0 Å². The van der Waals surface area contributed by atoms with E-state index in [0.29, 0.717) is 53.3 Å². The Morgan fingerprint density at radius 1 is 0.895 bits per heavy atom. The van der Waals surface area contributed by atoms with Gasteiger partial charge in [-0.1, -0.05) is 18.2 Å². The molecule has 196 valence electrons. The first-order valence-corrected chi connectivity index (χ1v) is 13.3. The van der Waals surface area contributed by atoms with E-state index in [1.54, 1.807) is 4.68 Å². The summed E-state index contributed by atoms with van der Waals surface area (Å²) >= 11 is 0. The Labute approximate surface area is 220 Å². The molecule has 0 amide bonds. The monoisotopic (exact) mass is 514 g/mol. The molecule has 3 fully saturated rings. The summed E-state index contributed by atoms with van der Waals surface area (Å²) in [6.07, 6.45) is 1.06. The van der Waals surface area contributed by atoms with Gasteiger partial charge in [-0.25, -0.2) is 19.0 Å². The smallest absolute Gasteiger partial charge is 0.164 e. The fraction of sp³-hybridized carbons (Fsp3) is 0.393. The highest BCUT2D eigenvalue weighted by molar-refractivity contribution is 5.98. The number of nitrogens with zero attached hydrogens (tertiary/aromatic N) is 6.